The van der Waals surface area contributed by atoms with Gasteiger partial charge in [-0.1, -0.05) is 25.0 Å². The highest BCUT2D eigenvalue weighted by Crippen LogP contribution is 2.24. The van der Waals surface area contributed by atoms with E-state index in [4.69, 9.17) is 0 Å². The van der Waals surface area contributed by atoms with Gasteiger partial charge < -0.3 is 10.0 Å². The van der Waals surface area contributed by atoms with Gasteiger partial charge in [0.05, 0.1) is 5.60 Å². The van der Waals surface area contributed by atoms with Crippen LogP contribution >= 0.6 is 0 Å². The number of rotatable bonds is 5. The van der Waals surface area contributed by atoms with Crippen molar-refractivity contribution >= 4 is 5.91 Å². The highest BCUT2D eigenvalue weighted by atomic mass is 16.3. The third-order valence-electron chi connectivity index (χ3n) is 5.67. The Kier molecular flexibility index (Phi) is 5.80. The maximum Gasteiger partial charge on any atom is 0.253 e. The average Bonchev–Trinajstić information content (AvgIpc) is 3.14. The molecule has 3 rings (SSSR count). The predicted molar refractivity (Wildman–Crippen MR) is 101 cm³/mol. The number of nitrogens with zero attached hydrogens (tertiary/aromatic N) is 2. The number of carbonyl (C=O) groups excluding carboxylic acids is 1. The van der Waals surface area contributed by atoms with E-state index in [9.17, 15) is 9.90 Å². The van der Waals surface area contributed by atoms with Gasteiger partial charge in [0.2, 0.25) is 0 Å². The van der Waals surface area contributed by atoms with Crippen molar-refractivity contribution in [2.24, 2.45) is 0 Å². The molecule has 1 heterocycles. The lowest BCUT2D eigenvalue weighted by Gasteiger charge is -2.38. The molecule has 0 radical (unpaired) electrons. The maximum atomic E-state index is 12.7. The topological polar surface area (TPSA) is 43.8 Å². The van der Waals surface area contributed by atoms with Crippen LogP contribution in [-0.4, -0.2) is 58.6 Å². The van der Waals surface area contributed by atoms with Crippen molar-refractivity contribution in [3.8, 4) is 0 Å². The molecule has 2 fully saturated rings. The molecule has 1 N–H and O–H groups in total. The Bertz CT molecular complexity index is 563. The Labute approximate surface area is 151 Å². The second-order valence-corrected chi connectivity index (χ2v) is 8.28. The molecular formula is C21H32N2O2. The summed E-state index contributed by atoms with van der Waals surface area (Å²) in [5.41, 5.74) is 1.30. The fourth-order valence-corrected chi connectivity index (χ4v) is 4.01. The fraction of sp³-hybridized carbons (Fsp3) is 0.667. The van der Waals surface area contributed by atoms with E-state index in [0.29, 0.717) is 0 Å². The zero-order valence-corrected chi connectivity index (χ0v) is 15.7. The van der Waals surface area contributed by atoms with Gasteiger partial charge in [0.1, 0.15) is 0 Å². The van der Waals surface area contributed by atoms with Gasteiger partial charge in [-0.2, -0.15) is 0 Å². The van der Waals surface area contributed by atoms with Crippen LogP contribution < -0.4 is 0 Å². The molecule has 1 saturated carbocycles. The number of benzene rings is 1. The molecule has 0 bridgehead atoms. The average molecular weight is 344 g/mol. The van der Waals surface area contributed by atoms with Crippen LogP contribution in [0.4, 0.5) is 0 Å². The smallest absolute Gasteiger partial charge is 0.253 e. The van der Waals surface area contributed by atoms with Crippen LogP contribution in [0.15, 0.2) is 24.3 Å². The number of aryl methyl sites for hydroxylation is 1. The number of hydrogen-bond acceptors (Lipinski definition) is 3. The molecule has 4 nitrogen and oxygen atoms in total. The first-order valence-corrected chi connectivity index (χ1v) is 9.77. The first-order valence-electron chi connectivity index (χ1n) is 9.77. The van der Waals surface area contributed by atoms with Gasteiger partial charge in [-0.25, -0.2) is 0 Å². The summed E-state index contributed by atoms with van der Waals surface area (Å²) in [6.07, 6.45) is 6.95. The standard InChI is InChI=1S/C21H32N2O2/c1-21(2,25)12-11-17-7-9-18(10-8-17)20(24)23-15-13-22(14-16-23)19-5-3-4-6-19/h7-10,19,25H,3-6,11-16H2,1-2H3. The van der Waals surface area contributed by atoms with Crippen molar-refractivity contribution in [1.29, 1.82) is 0 Å². The minimum Gasteiger partial charge on any atom is -0.390 e. The Hall–Kier alpha value is -1.39. The molecule has 25 heavy (non-hydrogen) atoms. The monoisotopic (exact) mass is 344 g/mol. The summed E-state index contributed by atoms with van der Waals surface area (Å²) >= 11 is 0. The largest absolute Gasteiger partial charge is 0.390 e. The highest BCUT2D eigenvalue weighted by molar-refractivity contribution is 5.94. The number of carbonyl (C=O) groups is 1. The molecule has 1 aromatic rings. The molecule has 1 amide bonds. The predicted octanol–water partition coefficient (Wildman–Crippen LogP) is 3.09. The molecule has 0 unspecified atom stereocenters. The van der Waals surface area contributed by atoms with Gasteiger partial charge in [-0.3, -0.25) is 9.69 Å². The molecule has 1 aliphatic heterocycles. The summed E-state index contributed by atoms with van der Waals surface area (Å²) < 4.78 is 0. The number of hydrogen-bond donors (Lipinski definition) is 1. The first kappa shape index (κ1) is 18.4. The van der Waals surface area contributed by atoms with Crippen LogP contribution in [0.3, 0.4) is 0 Å². The van der Waals surface area contributed by atoms with E-state index >= 15 is 0 Å². The molecule has 4 heteroatoms. The minimum absolute atomic E-state index is 0.153. The summed E-state index contributed by atoms with van der Waals surface area (Å²) in [5.74, 6) is 0.153. The Morgan fingerprint density at radius 1 is 1.08 bits per heavy atom. The van der Waals surface area contributed by atoms with Gasteiger partial charge in [-0.15, -0.1) is 0 Å². The zero-order valence-electron chi connectivity index (χ0n) is 15.7. The number of aliphatic hydroxyl groups is 1. The van der Waals surface area contributed by atoms with Crippen LogP contribution in [0.25, 0.3) is 0 Å². The molecule has 0 spiro atoms. The summed E-state index contributed by atoms with van der Waals surface area (Å²) in [7, 11) is 0. The van der Waals surface area contributed by atoms with Gasteiger partial charge >= 0.3 is 0 Å². The number of piperazine rings is 1. The second-order valence-electron chi connectivity index (χ2n) is 8.28. The van der Waals surface area contributed by atoms with E-state index in [1.807, 2.05) is 43.0 Å². The van der Waals surface area contributed by atoms with Gasteiger partial charge in [0.15, 0.2) is 0 Å². The van der Waals surface area contributed by atoms with E-state index in [0.717, 1.165) is 50.6 Å². The van der Waals surface area contributed by atoms with Gasteiger partial charge in [0.25, 0.3) is 5.91 Å². The molecule has 2 aliphatic rings. The SMILES string of the molecule is CC(C)(O)CCc1ccc(C(=O)N2CCN(C3CCCC3)CC2)cc1. The Morgan fingerprint density at radius 3 is 2.24 bits per heavy atom. The van der Waals surface area contributed by atoms with Gasteiger partial charge in [0, 0.05) is 37.8 Å². The quantitative estimate of drug-likeness (QED) is 0.893. The molecule has 1 aromatic carbocycles. The fourth-order valence-electron chi connectivity index (χ4n) is 4.01. The molecule has 138 valence electrons. The van der Waals surface area contributed by atoms with Crippen LogP contribution in [0.2, 0.25) is 0 Å². The van der Waals surface area contributed by atoms with Gasteiger partial charge in [-0.05, 0) is 57.2 Å². The summed E-state index contributed by atoms with van der Waals surface area (Å²) in [5, 5.41) is 9.83. The second kappa shape index (κ2) is 7.88. The van der Waals surface area contributed by atoms with Crippen molar-refractivity contribution in [3.63, 3.8) is 0 Å². The van der Waals surface area contributed by atoms with E-state index in [1.54, 1.807) is 0 Å². The molecule has 1 aliphatic carbocycles. The minimum atomic E-state index is -0.645. The van der Waals surface area contributed by atoms with E-state index < -0.39 is 5.60 Å². The van der Waals surface area contributed by atoms with E-state index in [1.165, 1.54) is 31.2 Å². The van der Waals surface area contributed by atoms with Crippen molar-refractivity contribution in [3.05, 3.63) is 35.4 Å². The highest BCUT2D eigenvalue weighted by Gasteiger charge is 2.28. The molecule has 0 atom stereocenters. The first-order chi connectivity index (χ1) is 11.9. The summed E-state index contributed by atoms with van der Waals surface area (Å²) in [4.78, 5) is 17.3. The normalized spacial score (nSPS) is 20.2. The van der Waals surface area contributed by atoms with E-state index in [2.05, 4.69) is 4.90 Å². The van der Waals surface area contributed by atoms with Crippen LogP contribution in [-0.2, 0) is 6.42 Å². The van der Waals surface area contributed by atoms with Crippen molar-refractivity contribution < 1.29 is 9.90 Å². The lowest BCUT2D eigenvalue weighted by molar-refractivity contribution is 0.0573. The van der Waals surface area contributed by atoms with E-state index in [-0.39, 0.29) is 5.91 Å². The molecule has 1 saturated heterocycles. The van der Waals surface area contributed by atoms with Crippen molar-refractivity contribution in [2.45, 2.75) is 64.0 Å². The Balaban J connectivity index is 1.51. The lowest BCUT2D eigenvalue weighted by atomic mass is 9.98. The van der Waals surface area contributed by atoms with Crippen molar-refractivity contribution in [1.82, 2.24) is 9.80 Å². The van der Waals surface area contributed by atoms with Crippen LogP contribution in [0.1, 0.15) is 61.9 Å². The Morgan fingerprint density at radius 2 is 1.68 bits per heavy atom. The van der Waals surface area contributed by atoms with Crippen LogP contribution in [0, 0.1) is 0 Å². The zero-order chi connectivity index (χ0) is 17.9. The maximum absolute atomic E-state index is 12.7. The van der Waals surface area contributed by atoms with Crippen molar-refractivity contribution in [2.75, 3.05) is 26.2 Å². The van der Waals surface area contributed by atoms with Crippen LogP contribution in [0.5, 0.6) is 0 Å². The third-order valence-corrected chi connectivity index (χ3v) is 5.67. The number of amides is 1. The molecular weight excluding hydrogens is 312 g/mol. The summed E-state index contributed by atoms with van der Waals surface area (Å²) in [6, 6.07) is 8.67. The molecule has 0 aromatic heterocycles. The third kappa shape index (κ3) is 5.05. The lowest BCUT2D eigenvalue weighted by Crippen LogP contribution is -2.51. The summed E-state index contributed by atoms with van der Waals surface area (Å²) in [6.45, 7) is 7.37.